The Balaban J connectivity index is 2.05. The second-order valence-corrected chi connectivity index (χ2v) is 6.25. The second kappa shape index (κ2) is 8.02. The number of para-hydroxylation sites is 1. The summed E-state index contributed by atoms with van der Waals surface area (Å²) in [6.45, 7) is 0.273. The number of alkyl halides is 2. The number of nitrogens with one attached hydrogen (secondary N) is 1. The number of hydrogen-bond donors (Lipinski definition) is 2. The number of halogens is 2. The third-order valence-corrected chi connectivity index (χ3v) is 4.62. The highest BCUT2D eigenvalue weighted by Gasteiger charge is 2.20. The van der Waals surface area contributed by atoms with Crippen LogP contribution in [0.1, 0.15) is 38.9 Å². The fourth-order valence-corrected chi connectivity index (χ4v) is 3.10. The molecule has 0 saturated heterocycles. The van der Waals surface area contributed by atoms with Crippen molar-refractivity contribution >= 4 is 23.2 Å². The summed E-state index contributed by atoms with van der Waals surface area (Å²) in [5.74, 6) is -1.54. The number of carbonyl (C=O) groups is 2. The van der Waals surface area contributed by atoms with Gasteiger partial charge in [0.15, 0.2) is 0 Å². The molecule has 0 bridgehead atoms. The molecular weight excluding hydrogens is 354 g/mol. The first-order valence-electron chi connectivity index (χ1n) is 7.30. The molecule has 0 spiro atoms. The van der Waals surface area contributed by atoms with E-state index in [1.54, 1.807) is 19.9 Å². The lowest BCUT2D eigenvalue weighted by Crippen LogP contribution is -2.28. The lowest BCUT2D eigenvalue weighted by Gasteiger charge is -2.13. The van der Waals surface area contributed by atoms with Gasteiger partial charge in [0.25, 0.3) is 0 Å². The number of carboxylic acid groups (broad SMARTS) is 1. The number of ether oxygens (including phenoxy) is 1. The highest BCUT2D eigenvalue weighted by molar-refractivity contribution is 7.13. The number of carbonyl (C=O) groups excluding carboxylic acids is 1. The highest BCUT2D eigenvalue weighted by Crippen LogP contribution is 2.24. The molecule has 0 aliphatic heterocycles. The van der Waals surface area contributed by atoms with Crippen LogP contribution in [-0.2, 0) is 11.2 Å². The molecule has 1 heterocycles. The number of amides is 1. The Labute approximate surface area is 146 Å². The number of nitrogens with zero attached hydrogens (tertiary/aromatic N) is 1. The van der Waals surface area contributed by atoms with Gasteiger partial charge in [-0.25, -0.2) is 9.78 Å². The molecule has 0 saturated carbocycles. The van der Waals surface area contributed by atoms with E-state index in [0.29, 0.717) is 16.3 Å². The molecule has 1 unspecified atom stereocenters. The predicted octanol–water partition coefficient (Wildman–Crippen LogP) is 3.17. The minimum absolute atomic E-state index is 0.0569. The molecule has 2 N–H and O–H groups in total. The fraction of sp³-hybridized carbons (Fsp3) is 0.312. The van der Waals surface area contributed by atoms with Crippen LogP contribution in [0, 0.1) is 6.92 Å². The third-order valence-electron chi connectivity index (χ3n) is 3.29. The third kappa shape index (κ3) is 4.96. The molecule has 134 valence electrons. The average molecular weight is 370 g/mol. The Kier molecular flexibility index (Phi) is 6.02. The molecule has 9 heteroatoms. The van der Waals surface area contributed by atoms with Crippen molar-refractivity contribution in [2.75, 3.05) is 0 Å². The van der Waals surface area contributed by atoms with Crippen LogP contribution in [0.5, 0.6) is 5.75 Å². The Morgan fingerprint density at radius 1 is 1.36 bits per heavy atom. The molecular formula is C16H16F2N2O4S. The maximum atomic E-state index is 12.4. The Hall–Kier alpha value is -2.55. The smallest absolute Gasteiger partial charge is 0.387 e. The van der Waals surface area contributed by atoms with E-state index in [1.165, 1.54) is 18.2 Å². The van der Waals surface area contributed by atoms with Crippen LogP contribution in [0.15, 0.2) is 24.3 Å². The van der Waals surface area contributed by atoms with Crippen LogP contribution in [-0.4, -0.2) is 28.6 Å². The predicted molar refractivity (Wildman–Crippen MR) is 87.1 cm³/mol. The van der Waals surface area contributed by atoms with Gasteiger partial charge in [0.05, 0.1) is 18.2 Å². The molecule has 25 heavy (non-hydrogen) atoms. The maximum absolute atomic E-state index is 12.4. The van der Waals surface area contributed by atoms with E-state index >= 15 is 0 Å². The molecule has 6 nitrogen and oxygen atoms in total. The van der Waals surface area contributed by atoms with Crippen molar-refractivity contribution in [3.05, 3.63) is 45.4 Å². The maximum Gasteiger partial charge on any atom is 0.387 e. The SMILES string of the molecule is Cc1nc(C(C)NC(=O)Cc2ccccc2OC(F)F)sc1C(=O)O. The van der Waals surface area contributed by atoms with Gasteiger partial charge in [-0.1, -0.05) is 18.2 Å². The zero-order chi connectivity index (χ0) is 18.6. The van der Waals surface area contributed by atoms with E-state index < -0.39 is 24.5 Å². The number of aromatic nitrogens is 1. The normalized spacial score (nSPS) is 12.0. The van der Waals surface area contributed by atoms with E-state index in [0.717, 1.165) is 11.3 Å². The average Bonchev–Trinajstić information content (AvgIpc) is 2.91. The summed E-state index contributed by atoms with van der Waals surface area (Å²) in [6, 6.07) is 5.54. The van der Waals surface area contributed by atoms with Crippen molar-refractivity contribution < 1.29 is 28.2 Å². The zero-order valence-corrected chi connectivity index (χ0v) is 14.3. The highest BCUT2D eigenvalue weighted by atomic mass is 32.1. The van der Waals surface area contributed by atoms with Crippen LogP contribution in [0.4, 0.5) is 8.78 Å². The second-order valence-electron chi connectivity index (χ2n) is 5.22. The van der Waals surface area contributed by atoms with Crippen LogP contribution in [0.2, 0.25) is 0 Å². The van der Waals surface area contributed by atoms with E-state index in [4.69, 9.17) is 5.11 Å². The van der Waals surface area contributed by atoms with E-state index in [2.05, 4.69) is 15.0 Å². The van der Waals surface area contributed by atoms with Gasteiger partial charge in [-0.3, -0.25) is 4.79 Å². The minimum Gasteiger partial charge on any atom is -0.477 e. The summed E-state index contributed by atoms with van der Waals surface area (Å²) in [5.41, 5.74) is 0.707. The van der Waals surface area contributed by atoms with Crippen LogP contribution in [0.25, 0.3) is 0 Å². The number of carboxylic acids is 1. The zero-order valence-electron chi connectivity index (χ0n) is 13.5. The van der Waals surface area contributed by atoms with Crippen molar-refractivity contribution in [2.45, 2.75) is 32.9 Å². The number of aryl methyl sites for hydroxylation is 1. The topological polar surface area (TPSA) is 88.5 Å². The monoisotopic (exact) mass is 370 g/mol. The van der Waals surface area contributed by atoms with Crippen molar-refractivity contribution in [1.82, 2.24) is 10.3 Å². The van der Waals surface area contributed by atoms with Crippen molar-refractivity contribution in [2.24, 2.45) is 0 Å². The number of rotatable bonds is 7. The number of benzene rings is 1. The van der Waals surface area contributed by atoms with Crippen LogP contribution in [0.3, 0.4) is 0 Å². The van der Waals surface area contributed by atoms with Gasteiger partial charge >= 0.3 is 12.6 Å². The fourth-order valence-electron chi connectivity index (χ4n) is 2.19. The number of hydrogen-bond acceptors (Lipinski definition) is 5. The minimum atomic E-state index is -2.98. The molecule has 0 radical (unpaired) electrons. The van der Waals surface area contributed by atoms with Crippen molar-refractivity contribution in [3.63, 3.8) is 0 Å². The van der Waals surface area contributed by atoms with Gasteiger partial charge in [0, 0.05) is 5.56 Å². The summed E-state index contributed by atoms with van der Waals surface area (Å²) < 4.78 is 29.2. The number of aromatic carboxylic acids is 1. The molecule has 2 aromatic rings. The van der Waals surface area contributed by atoms with Gasteiger partial charge < -0.3 is 15.2 Å². The van der Waals surface area contributed by atoms with Crippen molar-refractivity contribution in [1.29, 1.82) is 0 Å². The molecule has 1 aromatic heterocycles. The molecule has 1 amide bonds. The molecule has 2 rings (SSSR count). The molecule has 0 aliphatic rings. The van der Waals surface area contributed by atoms with Crippen molar-refractivity contribution in [3.8, 4) is 5.75 Å². The summed E-state index contributed by atoms with van der Waals surface area (Å²) in [4.78, 5) is 27.5. The quantitative estimate of drug-likeness (QED) is 0.782. The van der Waals surface area contributed by atoms with E-state index in [9.17, 15) is 18.4 Å². The summed E-state index contributed by atoms with van der Waals surface area (Å²) in [5, 5.41) is 12.2. The lowest BCUT2D eigenvalue weighted by atomic mass is 10.1. The molecule has 1 aromatic carbocycles. The first-order chi connectivity index (χ1) is 11.8. The largest absolute Gasteiger partial charge is 0.477 e. The standard InChI is InChI=1S/C16H16F2N2O4S/c1-8-13(15(22)23)25-14(20-8)9(2)19-12(21)7-10-5-3-4-6-11(10)24-16(17)18/h3-6,9,16H,7H2,1-2H3,(H,19,21)(H,22,23). The van der Waals surface area contributed by atoms with Crippen LogP contribution >= 0.6 is 11.3 Å². The van der Waals surface area contributed by atoms with E-state index in [-0.39, 0.29) is 17.0 Å². The summed E-state index contributed by atoms with van der Waals surface area (Å²) >= 11 is 0.986. The Bertz CT molecular complexity index is 779. The van der Waals surface area contributed by atoms with Gasteiger partial charge in [-0.2, -0.15) is 8.78 Å². The van der Waals surface area contributed by atoms with Gasteiger partial charge in [0.2, 0.25) is 5.91 Å². The first-order valence-corrected chi connectivity index (χ1v) is 8.12. The Morgan fingerprint density at radius 2 is 2.04 bits per heavy atom. The van der Waals surface area contributed by atoms with Gasteiger partial charge in [0.1, 0.15) is 15.6 Å². The lowest BCUT2D eigenvalue weighted by molar-refractivity contribution is -0.121. The van der Waals surface area contributed by atoms with Gasteiger partial charge in [-0.15, -0.1) is 11.3 Å². The van der Waals surface area contributed by atoms with E-state index in [1.807, 2.05) is 0 Å². The molecule has 0 fully saturated rings. The van der Waals surface area contributed by atoms with Crippen LogP contribution < -0.4 is 10.1 Å². The Morgan fingerprint density at radius 3 is 2.64 bits per heavy atom. The summed E-state index contributed by atoms with van der Waals surface area (Å²) in [7, 11) is 0. The first kappa shape index (κ1) is 18.8. The molecule has 0 aliphatic carbocycles. The number of thiazole rings is 1. The summed E-state index contributed by atoms with van der Waals surface area (Å²) in [6.07, 6.45) is -0.149. The molecule has 1 atom stereocenters. The van der Waals surface area contributed by atoms with Gasteiger partial charge in [-0.05, 0) is 19.9 Å².